The zero-order valence-corrected chi connectivity index (χ0v) is 12.0. The second-order valence-electron chi connectivity index (χ2n) is 4.70. The Labute approximate surface area is 127 Å². The van der Waals surface area contributed by atoms with Crippen LogP contribution < -0.4 is 10.1 Å². The highest BCUT2D eigenvalue weighted by atomic mass is 16.5. The van der Waals surface area contributed by atoms with Crippen molar-refractivity contribution >= 4 is 11.6 Å². The Morgan fingerprint density at radius 2 is 1.18 bits per heavy atom. The summed E-state index contributed by atoms with van der Waals surface area (Å²) in [6.07, 6.45) is 0.886. The van der Waals surface area contributed by atoms with E-state index < -0.39 is 25.4 Å². The molecule has 0 saturated heterocycles. The van der Waals surface area contributed by atoms with E-state index in [1.54, 1.807) is 0 Å². The number of aromatic nitrogens is 2. The van der Waals surface area contributed by atoms with Gasteiger partial charge in [-0.15, -0.1) is 0 Å². The highest BCUT2D eigenvalue weighted by Gasteiger charge is 2.18. The molecule has 0 aliphatic rings. The fourth-order valence-electron chi connectivity index (χ4n) is 1.62. The van der Waals surface area contributed by atoms with Gasteiger partial charge in [-0.25, -0.2) is 20.1 Å². The molecule has 0 aromatic carbocycles. The predicted octanol–water partition coefficient (Wildman–Crippen LogP) is -1.65. The Bertz CT molecular complexity index is 399. The summed E-state index contributed by atoms with van der Waals surface area (Å²) in [5.74, 6) is -0.0674. The lowest BCUT2D eigenvalue weighted by Gasteiger charge is -2.23. The summed E-state index contributed by atoms with van der Waals surface area (Å²) >= 11 is 0. The van der Waals surface area contributed by atoms with Gasteiger partial charge >= 0.3 is 0 Å². The molecule has 0 amide bonds. The van der Waals surface area contributed by atoms with Crippen LogP contribution in [0.2, 0.25) is 0 Å². The number of hydroxylamine groups is 2. The van der Waals surface area contributed by atoms with E-state index in [4.69, 9.17) is 10.2 Å². The molecule has 2 atom stereocenters. The van der Waals surface area contributed by atoms with Crippen LogP contribution in [0.5, 0.6) is 0 Å². The van der Waals surface area contributed by atoms with Gasteiger partial charge < -0.3 is 20.4 Å². The summed E-state index contributed by atoms with van der Waals surface area (Å²) < 4.78 is 0. The maximum Gasteiger partial charge on any atom is 0.198 e. The average Bonchev–Trinajstić information content (AvgIpc) is 2.56. The molecule has 6 N–H and O–H groups in total. The van der Waals surface area contributed by atoms with Gasteiger partial charge in [-0.1, -0.05) is 0 Å². The van der Waals surface area contributed by atoms with Gasteiger partial charge in [-0.05, 0) is 12.8 Å². The topological polar surface area (TPSA) is 154 Å². The van der Waals surface area contributed by atoms with Crippen molar-refractivity contribution in [2.45, 2.75) is 25.0 Å². The fraction of sp³-hybridized carbons (Fsp3) is 0.667. The number of hydrogen-bond acceptors (Lipinski definition) is 10. The molecule has 22 heavy (non-hydrogen) atoms. The summed E-state index contributed by atoms with van der Waals surface area (Å²) in [6, 6.07) is 0. The molecule has 1 aromatic heterocycles. The van der Waals surface area contributed by atoms with Crippen molar-refractivity contribution in [3.63, 3.8) is 0 Å². The molecule has 0 fully saturated rings. The molecule has 0 bridgehead atoms. The third-order valence-corrected chi connectivity index (χ3v) is 2.92. The summed E-state index contributed by atoms with van der Waals surface area (Å²) in [4.78, 5) is 7.81. The summed E-state index contributed by atoms with van der Waals surface area (Å²) in [5.41, 5.74) is 0. The van der Waals surface area contributed by atoms with Gasteiger partial charge in [0.2, 0.25) is 0 Å². The molecule has 10 nitrogen and oxygen atoms in total. The average molecular weight is 318 g/mol. The highest BCUT2D eigenvalue weighted by molar-refractivity contribution is 5.58. The maximum atomic E-state index is 9.93. The van der Waals surface area contributed by atoms with Crippen molar-refractivity contribution in [3.05, 3.63) is 12.4 Å². The van der Waals surface area contributed by atoms with Crippen LogP contribution in [0.1, 0.15) is 12.8 Å². The second kappa shape index (κ2) is 9.46. The molecule has 10 heteroatoms. The van der Waals surface area contributed by atoms with Gasteiger partial charge in [-0.3, -0.25) is 10.4 Å². The first-order chi connectivity index (χ1) is 10.5. The first kappa shape index (κ1) is 18.5. The molecule has 1 heterocycles. The summed E-state index contributed by atoms with van der Waals surface area (Å²) in [7, 11) is 0. The normalized spacial score (nSPS) is 13.7. The molecule has 1 rings (SSSR count). The molecule has 0 spiro atoms. The predicted molar refractivity (Wildman–Crippen MR) is 75.7 cm³/mol. The third-order valence-electron chi connectivity index (χ3n) is 2.92. The van der Waals surface area contributed by atoms with E-state index in [-0.39, 0.29) is 37.6 Å². The Kier molecular flexibility index (Phi) is 7.95. The van der Waals surface area contributed by atoms with E-state index in [0.29, 0.717) is 10.1 Å². The van der Waals surface area contributed by atoms with E-state index in [0.717, 1.165) is 0 Å². The van der Waals surface area contributed by atoms with Crippen molar-refractivity contribution in [1.82, 2.24) is 9.97 Å². The molecular weight excluding hydrogens is 296 g/mol. The smallest absolute Gasteiger partial charge is 0.198 e. The standard InChI is InChI=1S/C12H22N4O6/c17-7-9(19)1-5-15(21)11-12(14-4-3-13-11)16(22)6-2-10(20)8-18/h3-4,9-10,17-22H,1-2,5-8H2. The van der Waals surface area contributed by atoms with Crippen LogP contribution >= 0.6 is 0 Å². The van der Waals surface area contributed by atoms with Crippen molar-refractivity contribution in [1.29, 1.82) is 0 Å². The number of anilines is 2. The summed E-state index contributed by atoms with van der Waals surface area (Å²) in [6.45, 7) is -0.903. The first-order valence-corrected chi connectivity index (χ1v) is 6.81. The van der Waals surface area contributed by atoms with Crippen molar-refractivity contribution in [3.8, 4) is 0 Å². The van der Waals surface area contributed by atoms with E-state index in [1.807, 2.05) is 0 Å². The van der Waals surface area contributed by atoms with Crippen LogP contribution in [-0.2, 0) is 0 Å². The molecular formula is C12H22N4O6. The zero-order valence-electron chi connectivity index (χ0n) is 12.0. The largest absolute Gasteiger partial charge is 0.394 e. The minimum absolute atomic E-state index is 0.0273. The van der Waals surface area contributed by atoms with E-state index in [9.17, 15) is 20.6 Å². The molecule has 0 aliphatic heterocycles. The number of aliphatic hydroxyl groups excluding tert-OH is 4. The second-order valence-corrected chi connectivity index (χ2v) is 4.70. The van der Waals surface area contributed by atoms with Crippen molar-refractivity contribution in [2.24, 2.45) is 0 Å². The van der Waals surface area contributed by atoms with Gasteiger partial charge in [0.1, 0.15) is 0 Å². The van der Waals surface area contributed by atoms with Gasteiger partial charge in [0.05, 0.1) is 25.4 Å². The molecule has 0 radical (unpaired) electrons. The van der Waals surface area contributed by atoms with Gasteiger partial charge in [0.25, 0.3) is 0 Å². The van der Waals surface area contributed by atoms with Gasteiger partial charge in [0.15, 0.2) is 11.6 Å². The number of nitrogens with zero attached hydrogens (tertiary/aromatic N) is 4. The molecule has 0 saturated carbocycles. The SMILES string of the molecule is OCC(O)CCN(O)c1nccnc1N(O)CCC(O)CO. The van der Waals surface area contributed by atoms with Crippen LogP contribution in [0.3, 0.4) is 0 Å². The summed E-state index contributed by atoms with van der Waals surface area (Å²) in [5, 5.41) is 57.3. The minimum atomic E-state index is -0.972. The molecule has 126 valence electrons. The van der Waals surface area contributed by atoms with Gasteiger partial charge in [0, 0.05) is 25.5 Å². The molecule has 2 unspecified atom stereocenters. The number of rotatable bonds is 10. The highest BCUT2D eigenvalue weighted by Crippen LogP contribution is 2.22. The Hall–Kier alpha value is -1.56. The first-order valence-electron chi connectivity index (χ1n) is 6.81. The van der Waals surface area contributed by atoms with E-state index >= 15 is 0 Å². The Balaban J connectivity index is 2.71. The fourth-order valence-corrected chi connectivity index (χ4v) is 1.62. The molecule has 1 aromatic rings. The van der Waals surface area contributed by atoms with Crippen LogP contribution in [0.25, 0.3) is 0 Å². The van der Waals surface area contributed by atoms with Gasteiger partial charge in [-0.2, -0.15) is 0 Å². The van der Waals surface area contributed by atoms with Crippen molar-refractivity contribution < 1.29 is 30.8 Å². The van der Waals surface area contributed by atoms with Crippen LogP contribution in [-0.4, -0.2) is 79.3 Å². The van der Waals surface area contributed by atoms with E-state index in [2.05, 4.69) is 9.97 Å². The molecule has 0 aliphatic carbocycles. The number of aliphatic hydroxyl groups is 4. The maximum absolute atomic E-state index is 9.93. The van der Waals surface area contributed by atoms with Crippen molar-refractivity contribution in [2.75, 3.05) is 36.4 Å². The van der Waals surface area contributed by atoms with Crippen LogP contribution in [0.4, 0.5) is 11.6 Å². The third kappa shape index (κ3) is 5.67. The Morgan fingerprint density at radius 3 is 1.50 bits per heavy atom. The van der Waals surface area contributed by atoms with Crippen LogP contribution in [0, 0.1) is 0 Å². The zero-order chi connectivity index (χ0) is 16.5. The lowest BCUT2D eigenvalue weighted by molar-refractivity contribution is 0.0825. The number of hydrogen-bond donors (Lipinski definition) is 6. The van der Waals surface area contributed by atoms with Crippen LogP contribution in [0.15, 0.2) is 12.4 Å². The lowest BCUT2D eigenvalue weighted by Crippen LogP contribution is -2.31. The minimum Gasteiger partial charge on any atom is -0.394 e. The van der Waals surface area contributed by atoms with E-state index in [1.165, 1.54) is 12.4 Å². The lowest BCUT2D eigenvalue weighted by atomic mass is 10.2. The monoisotopic (exact) mass is 318 g/mol. The Morgan fingerprint density at radius 1 is 0.818 bits per heavy atom. The quantitative estimate of drug-likeness (QED) is 0.277.